The van der Waals surface area contributed by atoms with Crippen LogP contribution in [0.25, 0.3) is 11.5 Å². The number of carbonyl (C=O) groups excluding carboxylic acids is 1. The van der Waals surface area contributed by atoms with Gasteiger partial charge in [-0.05, 0) is 37.0 Å². The van der Waals surface area contributed by atoms with Crippen LogP contribution in [0.5, 0.6) is 5.88 Å². The van der Waals surface area contributed by atoms with Crippen LogP contribution < -0.4 is 10.1 Å². The van der Waals surface area contributed by atoms with Crippen molar-refractivity contribution in [2.75, 3.05) is 13.2 Å². The number of aromatic nitrogens is 2. The predicted octanol–water partition coefficient (Wildman–Crippen LogP) is 3.20. The van der Waals surface area contributed by atoms with Gasteiger partial charge in [-0.1, -0.05) is 19.3 Å². The van der Waals surface area contributed by atoms with Crippen LogP contribution in [0.3, 0.4) is 0 Å². The Balaban J connectivity index is 1.35. The first-order chi connectivity index (χ1) is 11.8. The van der Waals surface area contributed by atoms with E-state index in [1.165, 1.54) is 32.1 Å². The van der Waals surface area contributed by atoms with Gasteiger partial charge in [-0.15, -0.1) is 10.2 Å². The first-order valence-electron chi connectivity index (χ1n) is 8.58. The molecule has 0 spiro atoms. The molecule has 0 bridgehead atoms. The summed E-state index contributed by atoms with van der Waals surface area (Å²) in [5, 5.41) is 11.0. The lowest BCUT2D eigenvalue weighted by Crippen LogP contribution is -2.30. The summed E-state index contributed by atoms with van der Waals surface area (Å²) in [4.78, 5) is 11.9. The lowest BCUT2D eigenvalue weighted by molar-refractivity contribution is -0.122. The molecule has 0 unspecified atom stereocenters. The van der Waals surface area contributed by atoms with Gasteiger partial charge in [0.05, 0.1) is 12.8 Å². The van der Waals surface area contributed by atoms with E-state index in [-0.39, 0.29) is 5.91 Å². The van der Waals surface area contributed by atoms with E-state index in [2.05, 4.69) is 15.5 Å². The molecule has 1 aliphatic rings. The van der Waals surface area contributed by atoms with Gasteiger partial charge in [0.25, 0.3) is 0 Å². The predicted molar refractivity (Wildman–Crippen MR) is 89.4 cm³/mol. The van der Waals surface area contributed by atoms with Gasteiger partial charge < -0.3 is 14.5 Å². The third-order valence-electron chi connectivity index (χ3n) is 4.29. The van der Waals surface area contributed by atoms with Crippen LogP contribution in [0.4, 0.5) is 0 Å². The van der Waals surface area contributed by atoms with Gasteiger partial charge in [-0.2, -0.15) is 0 Å². The molecule has 2 heterocycles. The highest BCUT2D eigenvalue weighted by atomic mass is 16.5. The Morgan fingerprint density at radius 3 is 2.79 bits per heavy atom. The molecule has 1 aliphatic carbocycles. The van der Waals surface area contributed by atoms with Crippen LogP contribution in [0, 0.1) is 5.92 Å². The second-order valence-corrected chi connectivity index (χ2v) is 6.14. The molecule has 2 aromatic heterocycles. The van der Waals surface area contributed by atoms with Gasteiger partial charge in [0.1, 0.15) is 12.3 Å². The number of amides is 1. The van der Waals surface area contributed by atoms with Gasteiger partial charge in [-0.25, -0.2) is 0 Å². The van der Waals surface area contributed by atoms with Crippen molar-refractivity contribution in [3.63, 3.8) is 0 Å². The summed E-state index contributed by atoms with van der Waals surface area (Å²) < 4.78 is 10.8. The van der Waals surface area contributed by atoms with Gasteiger partial charge in [0, 0.05) is 12.5 Å². The molecule has 0 aliphatic heterocycles. The number of nitrogens with zero attached hydrogens (tertiary/aromatic N) is 2. The maximum Gasteiger partial charge on any atom is 0.233 e. The smallest absolute Gasteiger partial charge is 0.233 e. The summed E-state index contributed by atoms with van der Waals surface area (Å²) >= 11 is 0. The molecular weight excluding hydrogens is 306 g/mol. The molecule has 1 amide bonds. The Bertz CT molecular complexity index is 619. The summed E-state index contributed by atoms with van der Waals surface area (Å²) in [5.74, 6) is 1.78. The van der Waals surface area contributed by atoms with E-state index in [0.29, 0.717) is 42.8 Å². The largest absolute Gasteiger partial charge is 0.475 e. The summed E-state index contributed by atoms with van der Waals surface area (Å²) in [6, 6.07) is 7.17. The fraction of sp³-hybridized carbons (Fsp3) is 0.500. The van der Waals surface area contributed by atoms with Crippen molar-refractivity contribution in [3.8, 4) is 17.3 Å². The highest BCUT2D eigenvalue weighted by molar-refractivity contribution is 5.76. The molecule has 0 aromatic carbocycles. The summed E-state index contributed by atoms with van der Waals surface area (Å²) in [5.41, 5.74) is 0.660. The van der Waals surface area contributed by atoms with E-state index in [9.17, 15) is 4.79 Å². The summed E-state index contributed by atoms with van der Waals surface area (Å²) in [6.45, 7) is 0.859. The summed E-state index contributed by atoms with van der Waals surface area (Å²) in [6.07, 6.45) is 8.42. The van der Waals surface area contributed by atoms with Crippen molar-refractivity contribution in [1.29, 1.82) is 0 Å². The molecule has 1 fully saturated rings. The van der Waals surface area contributed by atoms with Crippen molar-refractivity contribution < 1.29 is 13.9 Å². The van der Waals surface area contributed by atoms with Crippen LogP contribution in [-0.4, -0.2) is 29.3 Å². The first-order valence-corrected chi connectivity index (χ1v) is 8.58. The number of ether oxygens (including phenoxy) is 1. The molecule has 128 valence electrons. The van der Waals surface area contributed by atoms with Crippen molar-refractivity contribution in [3.05, 3.63) is 30.5 Å². The Hall–Kier alpha value is -2.37. The number of hydrogen-bond acceptors (Lipinski definition) is 5. The maximum absolute atomic E-state index is 11.9. The second kappa shape index (κ2) is 8.47. The molecule has 2 aromatic rings. The van der Waals surface area contributed by atoms with E-state index < -0.39 is 0 Å². The monoisotopic (exact) mass is 329 g/mol. The van der Waals surface area contributed by atoms with Crippen LogP contribution in [0.15, 0.2) is 34.9 Å². The Morgan fingerprint density at radius 1 is 1.21 bits per heavy atom. The van der Waals surface area contributed by atoms with Crippen molar-refractivity contribution in [2.45, 2.75) is 38.5 Å². The SMILES string of the molecule is O=C(CC1CCCCC1)NCCOc1ccc(-c2ccco2)nn1. The Labute approximate surface area is 141 Å². The van der Waals surface area contributed by atoms with E-state index in [1.54, 1.807) is 24.5 Å². The molecule has 3 rings (SSSR count). The molecule has 6 nitrogen and oxygen atoms in total. The second-order valence-electron chi connectivity index (χ2n) is 6.14. The highest BCUT2D eigenvalue weighted by Gasteiger charge is 2.16. The fourth-order valence-corrected chi connectivity index (χ4v) is 3.02. The Morgan fingerprint density at radius 2 is 2.08 bits per heavy atom. The first kappa shape index (κ1) is 16.5. The van der Waals surface area contributed by atoms with Crippen LogP contribution in [0.2, 0.25) is 0 Å². The topological polar surface area (TPSA) is 77.2 Å². The lowest BCUT2D eigenvalue weighted by atomic mass is 9.87. The standard InChI is InChI=1S/C18H23N3O3/c22-17(13-14-5-2-1-3-6-14)19-10-12-24-18-9-8-15(20-21-18)16-7-4-11-23-16/h4,7-9,11,14H,1-3,5-6,10,12-13H2,(H,19,22). The minimum absolute atomic E-state index is 0.116. The third kappa shape index (κ3) is 4.81. The molecule has 0 radical (unpaired) electrons. The van der Waals surface area contributed by atoms with Gasteiger partial charge >= 0.3 is 0 Å². The number of furan rings is 1. The van der Waals surface area contributed by atoms with E-state index in [0.717, 1.165) is 0 Å². The highest BCUT2D eigenvalue weighted by Crippen LogP contribution is 2.26. The van der Waals surface area contributed by atoms with Crippen LogP contribution in [0.1, 0.15) is 38.5 Å². The minimum Gasteiger partial charge on any atom is -0.475 e. The summed E-state index contributed by atoms with van der Waals surface area (Å²) in [7, 11) is 0. The molecule has 24 heavy (non-hydrogen) atoms. The van der Waals surface area contributed by atoms with E-state index in [1.807, 2.05) is 6.07 Å². The van der Waals surface area contributed by atoms with Crippen molar-refractivity contribution in [2.24, 2.45) is 5.92 Å². The fourth-order valence-electron chi connectivity index (χ4n) is 3.02. The van der Waals surface area contributed by atoms with E-state index >= 15 is 0 Å². The minimum atomic E-state index is 0.116. The normalized spacial score (nSPS) is 15.2. The van der Waals surface area contributed by atoms with Crippen molar-refractivity contribution >= 4 is 5.91 Å². The maximum atomic E-state index is 11.9. The number of rotatable bonds is 7. The quantitative estimate of drug-likeness (QED) is 0.789. The zero-order chi connectivity index (χ0) is 16.6. The zero-order valence-electron chi connectivity index (χ0n) is 13.7. The van der Waals surface area contributed by atoms with Crippen LogP contribution in [-0.2, 0) is 4.79 Å². The molecule has 0 saturated heterocycles. The number of hydrogen-bond donors (Lipinski definition) is 1. The number of nitrogens with one attached hydrogen (secondary N) is 1. The molecule has 1 saturated carbocycles. The Kier molecular flexibility index (Phi) is 5.82. The average Bonchev–Trinajstić information content (AvgIpc) is 3.15. The molecular formula is C18H23N3O3. The van der Waals surface area contributed by atoms with Gasteiger partial charge in [0.2, 0.25) is 11.8 Å². The molecule has 6 heteroatoms. The van der Waals surface area contributed by atoms with Gasteiger partial charge in [0.15, 0.2) is 5.76 Å². The molecule has 0 atom stereocenters. The lowest BCUT2D eigenvalue weighted by Gasteiger charge is -2.20. The van der Waals surface area contributed by atoms with Crippen molar-refractivity contribution in [1.82, 2.24) is 15.5 Å². The van der Waals surface area contributed by atoms with Gasteiger partial charge in [-0.3, -0.25) is 4.79 Å². The third-order valence-corrected chi connectivity index (χ3v) is 4.29. The van der Waals surface area contributed by atoms with Crippen LogP contribution >= 0.6 is 0 Å². The van der Waals surface area contributed by atoms with E-state index in [4.69, 9.17) is 9.15 Å². The average molecular weight is 329 g/mol. The zero-order valence-corrected chi connectivity index (χ0v) is 13.7. The molecule has 1 N–H and O–H groups in total. The number of carbonyl (C=O) groups is 1.